The first kappa shape index (κ1) is 12.7. The monoisotopic (exact) mass is 251 g/mol. The molecule has 94 valence electrons. The first-order chi connectivity index (χ1) is 8.16. The summed E-state index contributed by atoms with van der Waals surface area (Å²) in [6.07, 6.45) is 1.06. The van der Waals surface area contributed by atoms with Crippen molar-refractivity contribution in [3.8, 4) is 0 Å². The van der Waals surface area contributed by atoms with Gasteiger partial charge in [-0.25, -0.2) is 0 Å². The number of anilines is 1. The van der Waals surface area contributed by atoms with E-state index in [0.717, 1.165) is 43.2 Å². The van der Waals surface area contributed by atoms with Gasteiger partial charge in [0.15, 0.2) is 0 Å². The highest BCUT2D eigenvalue weighted by Crippen LogP contribution is 2.19. The number of benzene rings is 1. The molecule has 1 heterocycles. The van der Waals surface area contributed by atoms with Crippen molar-refractivity contribution in [2.24, 2.45) is 0 Å². The summed E-state index contributed by atoms with van der Waals surface area (Å²) in [5, 5.41) is 3.38. The van der Waals surface area contributed by atoms with Crippen LogP contribution in [0.15, 0.2) is 23.1 Å². The second-order valence-electron chi connectivity index (χ2n) is 4.73. The van der Waals surface area contributed by atoms with E-state index in [1.807, 2.05) is 6.07 Å². The van der Waals surface area contributed by atoms with Gasteiger partial charge in [-0.2, -0.15) is 0 Å². The van der Waals surface area contributed by atoms with Gasteiger partial charge in [0.2, 0.25) is 0 Å². The summed E-state index contributed by atoms with van der Waals surface area (Å²) in [5.41, 5.74) is 7.84. The highest BCUT2D eigenvalue weighted by molar-refractivity contribution is 7.80. The molecule has 3 nitrogen and oxygen atoms in total. The summed E-state index contributed by atoms with van der Waals surface area (Å²) >= 11 is 4.37. The number of nitrogen functional groups attached to an aromatic ring is 1. The van der Waals surface area contributed by atoms with Gasteiger partial charge in [0.25, 0.3) is 0 Å². The Labute approximate surface area is 109 Å². The average molecular weight is 251 g/mol. The molecular weight excluding hydrogens is 230 g/mol. The fourth-order valence-electron chi connectivity index (χ4n) is 2.31. The maximum atomic E-state index is 5.77. The Morgan fingerprint density at radius 1 is 1.41 bits per heavy atom. The van der Waals surface area contributed by atoms with E-state index in [4.69, 9.17) is 5.73 Å². The summed E-state index contributed by atoms with van der Waals surface area (Å²) < 4.78 is 0. The van der Waals surface area contributed by atoms with Gasteiger partial charge in [0.05, 0.1) is 0 Å². The average Bonchev–Trinajstić information content (AvgIpc) is 2.35. The summed E-state index contributed by atoms with van der Waals surface area (Å²) in [4.78, 5) is 3.42. The third-order valence-corrected chi connectivity index (χ3v) is 3.79. The summed E-state index contributed by atoms with van der Waals surface area (Å²) in [5.74, 6) is 0. The van der Waals surface area contributed by atoms with Crippen molar-refractivity contribution in [3.63, 3.8) is 0 Å². The van der Waals surface area contributed by atoms with Crippen LogP contribution in [-0.2, 0) is 6.42 Å². The van der Waals surface area contributed by atoms with Crippen LogP contribution in [0.1, 0.15) is 12.5 Å². The predicted molar refractivity (Wildman–Crippen MR) is 75.7 cm³/mol. The first-order valence-corrected chi connectivity index (χ1v) is 6.63. The number of nitrogens with one attached hydrogen (secondary N) is 1. The van der Waals surface area contributed by atoms with Crippen molar-refractivity contribution in [1.29, 1.82) is 0 Å². The van der Waals surface area contributed by atoms with Crippen molar-refractivity contribution in [2.75, 3.05) is 31.9 Å². The highest BCUT2D eigenvalue weighted by Gasteiger charge is 2.16. The molecule has 0 amide bonds. The number of hydrogen-bond acceptors (Lipinski definition) is 4. The normalized spacial score (nSPS) is 19.2. The second-order valence-corrected chi connectivity index (χ2v) is 5.21. The Morgan fingerprint density at radius 2 is 2.12 bits per heavy atom. The van der Waals surface area contributed by atoms with Crippen LogP contribution in [0, 0.1) is 0 Å². The third-order valence-electron chi connectivity index (χ3n) is 3.40. The molecule has 1 atom stereocenters. The van der Waals surface area contributed by atoms with E-state index in [-0.39, 0.29) is 0 Å². The fourth-order valence-corrected chi connectivity index (χ4v) is 2.55. The van der Waals surface area contributed by atoms with Crippen LogP contribution in [-0.4, -0.2) is 37.1 Å². The Morgan fingerprint density at radius 3 is 2.76 bits per heavy atom. The highest BCUT2D eigenvalue weighted by atomic mass is 32.1. The zero-order valence-electron chi connectivity index (χ0n) is 10.3. The van der Waals surface area contributed by atoms with E-state index in [2.05, 4.69) is 41.9 Å². The summed E-state index contributed by atoms with van der Waals surface area (Å²) in [6.45, 7) is 6.78. The standard InChI is InChI=1S/C13H21N3S/c1-10(16-6-4-15-5-7-16)8-11-2-3-12(14)13(17)9-11/h2-3,9-10,15,17H,4-8,14H2,1H3. The molecule has 1 unspecified atom stereocenters. The topological polar surface area (TPSA) is 41.3 Å². The summed E-state index contributed by atoms with van der Waals surface area (Å²) in [6, 6.07) is 6.71. The van der Waals surface area contributed by atoms with Crippen molar-refractivity contribution in [2.45, 2.75) is 24.3 Å². The van der Waals surface area contributed by atoms with Crippen molar-refractivity contribution in [1.82, 2.24) is 10.2 Å². The molecule has 1 saturated heterocycles. The van der Waals surface area contributed by atoms with Crippen LogP contribution in [0.4, 0.5) is 5.69 Å². The van der Waals surface area contributed by atoms with Gasteiger partial charge in [-0.1, -0.05) is 6.07 Å². The Hall–Kier alpha value is -0.710. The van der Waals surface area contributed by atoms with E-state index in [0.29, 0.717) is 6.04 Å². The van der Waals surface area contributed by atoms with Crippen molar-refractivity contribution in [3.05, 3.63) is 23.8 Å². The van der Waals surface area contributed by atoms with Gasteiger partial charge in [0.1, 0.15) is 0 Å². The van der Waals surface area contributed by atoms with E-state index in [1.165, 1.54) is 5.56 Å². The van der Waals surface area contributed by atoms with Crippen LogP contribution in [0.25, 0.3) is 0 Å². The van der Waals surface area contributed by atoms with Gasteiger partial charge in [-0.15, -0.1) is 12.6 Å². The van der Waals surface area contributed by atoms with E-state index in [1.54, 1.807) is 0 Å². The predicted octanol–water partition coefficient (Wildman–Crippen LogP) is 1.39. The minimum atomic E-state index is 0.577. The molecule has 3 N–H and O–H groups in total. The first-order valence-electron chi connectivity index (χ1n) is 6.19. The van der Waals surface area contributed by atoms with E-state index >= 15 is 0 Å². The molecule has 0 radical (unpaired) electrons. The van der Waals surface area contributed by atoms with Crippen LogP contribution < -0.4 is 11.1 Å². The largest absolute Gasteiger partial charge is 0.398 e. The minimum absolute atomic E-state index is 0.577. The van der Waals surface area contributed by atoms with E-state index < -0.39 is 0 Å². The number of nitrogens with zero attached hydrogens (tertiary/aromatic N) is 1. The van der Waals surface area contributed by atoms with Crippen molar-refractivity contribution < 1.29 is 0 Å². The molecular formula is C13H21N3S. The molecule has 2 rings (SSSR count). The van der Waals surface area contributed by atoms with E-state index in [9.17, 15) is 0 Å². The lowest BCUT2D eigenvalue weighted by atomic mass is 10.0. The molecule has 1 aromatic carbocycles. The number of nitrogens with two attached hydrogens (primary N) is 1. The molecule has 1 aliphatic heterocycles. The lowest BCUT2D eigenvalue weighted by Gasteiger charge is -2.33. The van der Waals surface area contributed by atoms with Crippen LogP contribution in [0.2, 0.25) is 0 Å². The Balaban J connectivity index is 1.96. The van der Waals surface area contributed by atoms with Gasteiger partial charge in [0, 0.05) is 42.8 Å². The lowest BCUT2D eigenvalue weighted by molar-refractivity contribution is 0.183. The van der Waals surface area contributed by atoms with Crippen LogP contribution in [0.5, 0.6) is 0 Å². The maximum absolute atomic E-state index is 5.77. The maximum Gasteiger partial charge on any atom is 0.0449 e. The van der Waals surface area contributed by atoms with Gasteiger partial charge >= 0.3 is 0 Å². The molecule has 0 aliphatic carbocycles. The Bertz CT molecular complexity index is 375. The molecule has 4 heteroatoms. The Kier molecular flexibility index (Phi) is 4.31. The lowest BCUT2D eigenvalue weighted by Crippen LogP contribution is -2.48. The SMILES string of the molecule is CC(Cc1ccc(N)c(S)c1)N1CCNCC1. The molecule has 1 aliphatic rings. The quantitative estimate of drug-likeness (QED) is 0.562. The zero-order valence-corrected chi connectivity index (χ0v) is 11.2. The molecule has 1 fully saturated rings. The fraction of sp³-hybridized carbons (Fsp3) is 0.538. The molecule has 0 saturated carbocycles. The molecule has 17 heavy (non-hydrogen) atoms. The summed E-state index contributed by atoms with van der Waals surface area (Å²) in [7, 11) is 0. The molecule has 0 bridgehead atoms. The molecule has 0 spiro atoms. The zero-order chi connectivity index (χ0) is 12.3. The van der Waals surface area contributed by atoms with Crippen LogP contribution >= 0.6 is 12.6 Å². The number of piperazine rings is 1. The van der Waals surface area contributed by atoms with Crippen molar-refractivity contribution >= 4 is 18.3 Å². The number of thiol groups is 1. The van der Waals surface area contributed by atoms with Crippen LogP contribution in [0.3, 0.4) is 0 Å². The minimum Gasteiger partial charge on any atom is -0.398 e. The number of rotatable bonds is 3. The van der Waals surface area contributed by atoms with Gasteiger partial charge < -0.3 is 11.1 Å². The van der Waals surface area contributed by atoms with Gasteiger partial charge in [-0.3, -0.25) is 4.90 Å². The smallest absolute Gasteiger partial charge is 0.0449 e. The third kappa shape index (κ3) is 3.37. The molecule has 0 aromatic heterocycles. The molecule has 1 aromatic rings. The second kappa shape index (κ2) is 5.76. The van der Waals surface area contributed by atoms with Gasteiger partial charge in [-0.05, 0) is 31.0 Å². The number of hydrogen-bond donors (Lipinski definition) is 3.